The molecule has 0 aliphatic carbocycles. The average molecular weight is 488 g/mol. The molecule has 37 heavy (non-hydrogen) atoms. The third-order valence-electron chi connectivity index (χ3n) is 7.47. The SMILES string of the molecule is c1cc(-c2ccc3c4ccccc4c4ccccc4c3c2)nc(-c2cccc3c2sc2ccccc23)c1. The van der Waals surface area contributed by atoms with E-state index in [-0.39, 0.29) is 0 Å². The molecule has 0 aliphatic heterocycles. The van der Waals surface area contributed by atoms with Crippen LogP contribution in [0.1, 0.15) is 0 Å². The number of pyridine rings is 1. The van der Waals surface area contributed by atoms with Crippen molar-refractivity contribution in [2.24, 2.45) is 0 Å². The summed E-state index contributed by atoms with van der Waals surface area (Å²) >= 11 is 1.85. The Morgan fingerprint density at radius 1 is 0.405 bits per heavy atom. The summed E-state index contributed by atoms with van der Waals surface area (Å²) in [5.74, 6) is 0. The summed E-state index contributed by atoms with van der Waals surface area (Å²) in [5, 5.41) is 10.3. The van der Waals surface area contributed by atoms with E-state index in [0.717, 1.165) is 17.0 Å². The van der Waals surface area contributed by atoms with E-state index in [1.807, 2.05) is 11.3 Å². The highest BCUT2D eigenvalue weighted by molar-refractivity contribution is 7.26. The lowest BCUT2D eigenvalue weighted by Gasteiger charge is -2.12. The first-order valence-electron chi connectivity index (χ1n) is 12.6. The number of rotatable bonds is 2. The molecule has 0 aliphatic rings. The van der Waals surface area contributed by atoms with Gasteiger partial charge in [0, 0.05) is 31.3 Å². The third kappa shape index (κ3) is 3.13. The number of aromatic nitrogens is 1. The molecule has 0 spiro atoms. The van der Waals surface area contributed by atoms with Crippen LogP contribution in [0.25, 0.3) is 75.0 Å². The van der Waals surface area contributed by atoms with E-state index in [9.17, 15) is 0 Å². The lowest BCUT2D eigenvalue weighted by molar-refractivity contribution is 1.33. The zero-order valence-electron chi connectivity index (χ0n) is 20.0. The molecular weight excluding hydrogens is 466 g/mol. The van der Waals surface area contributed by atoms with Gasteiger partial charge in [-0.25, -0.2) is 4.98 Å². The van der Waals surface area contributed by atoms with Crippen LogP contribution >= 0.6 is 11.3 Å². The van der Waals surface area contributed by atoms with Gasteiger partial charge in [-0.15, -0.1) is 11.3 Å². The fourth-order valence-corrected chi connectivity index (χ4v) is 6.99. The maximum absolute atomic E-state index is 5.19. The van der Waals surface area contributed by atoms with Gasteiger partial charge < -0.3 is 0 Å². The molecule has 0 fully saturated rings. The second-order valence-corrected chi connectivity index (χ2v) is 10.6. The van der Waals surface area contributed by atoms with Crippen molar-refractivity contribution >= 4 is 63.8 Å². The fourth-order valence-electron chi connectivity index (χ4n) is 5.76. The smallest absolute Gasteiger partial charge is 0.0723 e. The summed E-state index contributed by atoms with van der Waals surface area (Å²) in [7, 11) is 0. The van der Waals surface area contributed by atoms with Gasteiger partial charge in [0.05, 0.1) is 11.4 Å². The van der Waals surface area contributed by atoms with E-state index < -0.39 is 0 Å². The quantitative estimate of drug-likeness (QED) is 0.221. The van der Waals surface area contributed by atoms with Gasteiger partial charge in [-0.3, -0.25) is 0 Å². The normalized spacial score (nSPS) is 11.8. The topological polar surface area (TPSA) is 12.9 Å². The van der Waals surface area contributed by atoms with E-state index in [2.05, 4.69) is 127 Å². The van der Waals surface area contributed by atoms with Gasteiger partial charge in [0.2, 0.25) is 0 Å². The second-order valence-electron chi connectivity index (χ2n) is 9.54. The highest BCUT2D eigenvalue weighted by atomic mass is 32.1. The molecule has 172 valence electrons. The van der Waals surface area contributed by atoms with Crippen LogP contribution in [-0.2, 0) is 0 Å². The minimum absolute atomic E-state index is 0.995. The molecule has 0 atom stereocenters. The predicted octanol–water partition coefficient (Wildman–Crippen LogP) is 10.2. The highest BCUT2D eigenvalue weighted by Crippen LogP contribution is 2.40. The molecule has 0 saturated carbocycles. The van der Waals surface area contributed by atoms with Crippen molar-refractivity contribution in [3.8, 4) is 22.5 Å². The maximum atomic E-state index is 5.19. The Morgan fingerprint density at radius 2 is 0.973 bits per heavy atom. The van der Waals surface area contributed by atoms with Crippen molar-refractivity contribution in [3.05, 3.63) is 127 Å². The predicted molar refractivity (Wildman–Crippen MR) is 161 cm³/mol. The van der Waals surface area contributed by atoms with Crippen LogP contribution < -0.4 is 0 Å². The Bertz CT molecular complexity index is 2120. The zero-order chi connectivity index (χ0) is 24.3. The average Bonchev–Trinajstić information content (AvgIpc) is 3.36. The number of nitrogens with zero attached hydrogens (tertiary/aromatic N) is 1. The molecule has 0 radical (unpaired) electrons. The van der Waals surface area contributed by atoms with Gasteiger partial charge in [0.1, 0.15) is 0 Å². The number of fused-ring (bicyclic) bond motifs is 9. The molecule has 6 aromatic carbocycles. The molecule has 2 heterocycles. The van der Waals surface area contributed by atoms with Crippen LogP contribution in [0.5, 0.6) is 0 Å². The summed E-state index contributed by atoms with van der Waals surface area (Å²) < 4.78 is 2.61. The number of hydrogen-bond donors (Lipinski definition) is 0. The zero-order valence-corrected chi connectivity index (χ0v) is 20.8. The minimum atomic E-state index is 0.995. The van der Waals surface area contributed by atoms with E-state index >= 15 is 0 Å². The number of hydrogen-bond acceptors (Lipinski definition) is 2. The molecule has 1 nitrogen and oxygen atoms in total. The first kappa shape index (κ1) is 20.6. The van der Waals surface area contributed by atoms with E-state index in [4.69, 9.17) is 4.98 Å². The number of thiophene rings is 1. The molecule has 2 heteroatoms. The lowest BCUT2D eigenvalue weighted by atomic mass is 9.93. The monoisotopic (exact) mass is 487 g/mol. The lowest BCUT2D eigenvalue weighted by Crippen LogP contribution is -1.89. The Hall–Kier alpha value is -4.53. The van der Waals surface area contributed by atoms with Gasteiger partial charge in [-0.05, 0) is 56.6 Å². The maximum Gasteiger partial charge on any atom is 0.0723 e. The Kier molecular flexibility index (Phi) is 4.46. The van der Waals surface area contributed by atoms with Gasteiger partial charge in [-0.2, -0.15) is 0 Å². The van der Waals surface area contributed by atoms with Crippen molar-refractivity contribution in [1.82, 2.24) is 4.98 Å². The largest absolute Gasteiger partial charge is 0.248 e. The van der Waals surface area contributed by atoms with Crippen LogP contribution in [0.4, 0.5) is 0 Å². The molecule has 0 amide bonds. The molecule has 0 saturated heterocycles. The fraction of sp³-hybridized carbons (Fsp3) is 0. The first-order valence-corrected chi connectivity index (χ1v) is 13.4. The molecule has 2 aromatic heterocycles. The highest BCUT2D eigenvalue weighted by Gasteiger charge is 2.13. The summed E-state index contributed by atoms with van der Waals surface area (Å²) in [6.07, 6.45) is 0. The Labute approximate surface area is 218 Å². The van der Waals surface area contributed by atoms with Gasteiger partial charge in [0.25, 0.3) is 0 Å². The Balaban J connectivity index is 1.34. The van der Waals surface area contributed by atoms with Crippen LogP contribution in [0.2, 0.25) is 0 Å². The van der Waals surface area contributed by atoms with Gasteiger partial charge in [-0.1, -0.05) is 103 Å². The van der Waals surface area contributed by atoms with E-state index in [0.29, 0.717) is 0 Å². The van der Waals surface area contributed by atoms with Crippen molar-refractivity contribution in [3.63, 3.8) is 0 Å². The number of benzene rings is 6. The molecule has 0 bridgehead atoms. The van der Waals surface area contributed by atoms with Crippen LogP contribution in [0, 0.1) is 0 Å². The summed E-state index contributed by atoms with van der Waals surface area (Å²) in [5.41, 5.74) is 4.34. The van der Waals surface area contributed by atoms with E-state index in [1.165, 1.54) is 58.1 Å². The van der Waals surface area contributed by atoms with Crippen LogP contribution in [0.15, 0.2) is 127 Å². The van der Waals surface area contributed by atoms with Crippen LogP contribution in [0.3, 0.4) is 0 Å². The molecule has 8 aromatic rings. The first-order chi connectivity index (χ1) is 18.3. The van der Waals surface area contributed by atoms with Crippen molar-refractivity contribution < 1.29 is 0 Å². The van der Waals surface area contributed by atoms with Crippen molar-refractivity contribution in [2.75, 3.05) is 0 Å². The van der Waals surface area contributed by atoms with Gasteiger partial charge in [0.15, 0.2) is 0 Å². The minimum Gasteiger partial charge on any atom is -0.248 e. The molecule has 0 N–H and O–H groups in total. The molecule has 0 unspecified atom stereocenters. The second kappa shape index (κ2) is 7.99. The third-order valence-corrected chi connectivity index (χ3v) is 8.69. The van der Waals surface area contributed by atoms with Crippen molar-refractivity contribution in [1.29, 1.82) is 0 Å². The van der Waals surface area contributed by atoms with Crippen LogP contribution in [-0.4, -0.2) is 4.98 Å². The van der Waals surface area contributed by atoms with Crippen molar-refractivity contribution in [2.45, 2.75) is 0 Å². The summed E-state index contributed by atoms with van der Waals surface area (Å²) in [6.45, 7) is 0. The molecular formula is C35H21NS. The van der Waals surface area contributed by atoms with Gasteiger partial charge >= 0.3 is 0 Å². The molecule has 8 rings (SSSR count). The summed E-state index contributed by atoms with van der Waals surface area (Å²) in [6, 6.07) is 45.8. The Morgan fingerprint density at radius 3 is 1.73 bits per heavy atom. The van der Waals surface area contributed by atoms with E-state index in [1.54, 1.807) is 0 Å². The summed E-state index contributed by atoms with van der Waals surface area (Å²) in [4.78, 5) is 5.19. The standard InChI is InChI=1S/C35H21NS/c1-2-11-25-23(9-1)24-10-3-4-12-26(24)31-21-22(19-20-27(25)31)32-16-8-17-33(36-32)30-15-7-14-29-28-13-5-6-18-34(28)37-35(29)30/h1-21H.